The minimum absolute atomic E-state index is 0.110. The van der Waals surface area contributed by atoms with Gasteiger partial charge in [-0.05, 0) is 39.3 Å². The summed E-state index contributed by atoms with van der Waals surface area (Å²) >= 11 is 0. The molecule has 0 saturated heterocycles. The number of carbonyl (C=O) groups is 1. The number of hydrogen-bond acceptors (Lipinski definition) is 3. The van der Waals surface area contributed by atoms with Crippen LogP contribution in [0.15, 0.2) is 29.4 Å². The Kier molecular flexibility index (Phi) is 3.45. The summed E-state index contributed by atoms with van der Waals surface area (Å²) in [4.78, 5) is 12.5. The number of carbonyl (C=O) groups excluding carboxylic acids is 1. The maximum atomic E-state index is 12.5. The Morgan fingerprint density at radius 3 is 2.68 bits per heavy atom. The maximum absolute atomic E-state index is 12.5. The molecule has 1 N–H and O–H groups in total. The Labute approximate surface area is 113 Å². The summed E-state index contributed by atoms with van der Waals surface area (Å²) in [5, 5.41) is 16.0. The van der Waals surface area contributed by atoms with Gasteiger partial charge in [0.05, 0.1) is 0 Å². The molecule has 19 heavy (non-hydrogen) atoms. The topological polar surface area (TPSA) is 52.9 Å². The molecule has 0 spiro atoms. The van der Waals surface area contributed by atoms with E-state index in [1.807, 2.05) is 39.0 Å². The van der Waals surface area contributed by atoms with E-state index in [4.69, 9.17) is 0 Å². The van der Waals surface area contributed by atoms with Crippen LogP contribution in [0.4, 0.5) is 0 Å². The summed E-state index contributed by atoms with van der Waals surface area (Å²) in [6.07, 6.45) is 0.750. The van der Waals surface area contributed by atoms with Crippen molar-refractivity contribution in [3.05, 3.63) is 35.4 Å². The van der Waals surface area contributed by atoms with Crippen LogP contribution in [0.2, 0.25) is 0 Å². The number of hydrazone groups is 1. The van der Waals surface area contributed by atoms with Gasteiger partial charge >= 0.3 is 0 Å². The van der Waals surface area contributed by atoms with E-state index in [1.54, 1.807) is 13.0 Å². The maximum Gasteiger partial charge on any atom is 0.276 e. The first kappa shape index (κ1) is 13.7. The van der Waals surface area contributed by atoms with Crippen molar-refractivity contribution in [2.45, 2.75) is 39.8 Å². The highest BCUT2D eigenvalue weighted by molar-refractivity contribution is 5.98. The minimum Gasteiger partial charge on any atom is -0.369 e. The minimum atomic E-state index is -1.25. The average Bonchev–Trinajstić information content (AvgIpc) is 2.58. The quantitative estimate of drug-likeness (QED) is 0.888. The highest BCUT2D eigenvalue weighted by Gasteiger charge is 2.46. The van der Waals surface area contributed by atoms with E-state index in [-0.39, 0.29) is 11.8 Å². The Morgan fingerprint density at radius 1 is 1.47 bits per heavy atom. The van der Waals surface area contributed by atoms with Gasteiger partial charge in [-0.1, -0.05) is 24.6 Å². The third-order valence-corrected chi connectivity index (χ3v) is 3.72. The van der Waals surface area contributed by atoms with Crippen molar-refractivity contribution >= 4 is 11.6 Å². The van der Waals surface area contributed by atoms with Crippen LogP contribution in [0.3, 0.4) is 0 Å². The fraction of sp³-hybridized carbons (Fsp3) is 0.467. The molecular weight excluding hydrogens is 240 g/mol. The number of hydrogen-bond donors (Lipinski definition) is 1. The van der Waals surface area contributed by atoms with E-state index < -0.39 is 5.72 Å². The van der Waals surface area contributed by atoms with Gasteiger partial charge in [0.15, 0.2) is 5.72 Å². The molecule has 4 heteroatoms. The van der Waals surface area contributed by atoms with Gasteiger partial charge in [0.25, 0.3) is 5.91 Å². The molecule has 1 heterocycles. The molecule has 1 aliphatic rings. The highest BCUT2D eigenvalue weighted by Crippen LogP contribution is 2.33. The van der Waals surface area contributed by atoms with Crippen molar-refractivity contribution < 1.29 is 9.90 Å². The zero-order valence-electron chi connectivity index (χ0n) is 11.8. The van der Waals surface area contributed by atoms with Crippen LogP contribution in [-0.2, 0) is 0 Å². The number of rotatable bonds is 2. The molecule has 0 aliphatic carbocycles. The van der Waals surface area contributed by atoms with Crippen molar-refractivity contribution in [2.75, 3.05) is 0 Å². The Hall–Kier alpha value is -1.68. The van der Waals surface area contributed by atoms with Crippen LogP contribution in [0.5, 0.6) is 0 Å². The van der Waals surface area contributed by atoms with E-state index in [2.05, 4.69) is 5.10 Å². The van der Waals surface area contributed by atoms with Crippen LogP contribution < -0.4 is 0 Å². The molecule has 4 nitrogen and oxygen atoms in total. The normalized spacial score (nSPS) is 26.5. The van der Waals surface area contributed by atoms with Crippen molar-refractivity contribution in [2.24, 2.45) is 11.0 Å². The number of aliphatic hydroxyl groups is 1. The van der Waals surface area contributed by atoms with Gasteiger partial charge in [0, 0.05) is 17.2 Å². The fourth-order valence-corrected chi connectivity index (χ4v) is 2.71. The summed E-state index contributed by atoms with van der Waals surface area (Å²) in [6.45, 7) is 7.42. The Morgan fingerprint density at radius 2 is 2.16 bits per heavy atom. The summed E-state index contributed by atoms with van der Waals surface area (Å²) in [5.41, 5.74) is 1.11. The average molecular weight is 260 g/mol. The van der Waals surface area contributed by atoms with Crippen LogP contribution in [-0.4, -0.2) is 27.5 Å². The van der Waals surface area contributed by atoms with Gasteiger partial charge in [-0.2, -0.15) is 10.1 Å². The molecule has 0 fully saturated rings. The van der Waals surface area contributed by atoms with Gasteiger partial charge in [0.1, 0.15) is 0 Å². The highest BCUT2D eigenvalue weighted by atomic mass is 16.3. The van der Waals surface area contributed by atoms with Crippen LogP contribution in [0.25, 0.3) is 0 Å². The standard InChI is InChI=1S/C15H20N2O2/c1-5-13-11(3)16-17(15(13,4)19)14(18)12-8-6-7-10(2)9-12/h6-9,13,19H,5H2,1-4H3. The smallest absolute Gasteiger partial charge is 0.276 e. The van der Waals surface area contributed by atoms with Gasteiger partial charge in [0.2, 0.25) is 0 Å². The Bertz CT molecular complexity index is 535. The summed E-state index contributed by atoms with van der Waals surface area (Å²) < 4.78 is 0. The molecule has 1 aromatic rings. The van der Waals surface area contributed by atoms with E-state index >= 15 is 0 Å². The Balaban J connectivity index is 2.35. The predicted octanol–water partition coefficient (Wildman–Crippen LogP) is 2.56. The molecule has 102 valence electrons. The third-order valence-electron chi connectivity index (χ3n) is 3.72. The molecule has 2 atom stereocenters. The largest absolute Gasteiger partial charge is 0.369 e. The fourth-order valence-electron chi connectivity index (χ4n) is 2.71. The van der Waals surface area contributed by atoms with Crippen molar-refractivity contribution in [3.63, 3.8) is 0 Å². The lowest BCUT2D eigenvalue weighted by Gasteiger charge is -2.32. The lowest BCUT2D eigenvalue weighted by atomic mass is 9.91. The number of benzene rings is 1. The number of amides is 1. The van der Waals surface area contributed by atoms with Crippen LogP contribution in [0.1, 0.15) is 43.1 Å². The molecule has 1 aromatic carbocycles. The molecule has 0 saturated carbocycles. The monoisotopic (exact) mass is 260 g/mol. The van der Waals surface area contributed by atoms with Crippen LogP contribution >= 0.6 is 0 Å². The number of nitrogens with zero attached hydrogens (tertiary/aromatic N) is 2. The molecule has 0 aromatic heterocycles. The first-order valence-electron chi connectivity index (χ1n) is 6.56. The van der Waals surface area contributed by atoms with E-state index in [0.717, 1.165) is 17.7 Å². The molecule has 2 rings (SSSR count). The van der Waals surface area contributed by atoms with Crippen molar-refractivity contribution in [1.29, 1.82) is 0 Å². The summed E-state index contributed by atoms with van der Waals surface area (Å²) in [7, 11) is 0. The molecular formula is C15H20N2O2. The van der Waals surface area contributed by atoms with Crippen molar-refractivity contribution in [3.8, 4) is 0 Å². The molecule has 0 bridgehead atoms. The zero-order chi connectivity index (χ0) is 14.2. The lowest BCUT2D eigenvalue weighted by Crippen LogP contribution is -2.48. The SMILES string of the molecule is CCC1C(C)=NN(C(=O)c2cccc(C)c2)C1(C)O. The summed E-state index contributed by atoms with van der Waals surface area (Å²) in [6, 6.07) is 7.32. The van der Waals surface area contributed by atoms with Crippen molar-refractivity contribution in [1.82, 2.24) is 5.01 Å². The van der Waals surface area contributed by atoms with E-state index in [9.17, 15) is 9.90 Å². The van der Waals surface area contributed by atoms with E-state index in [0.29, 0.717) is 5.56 Å². The van der Waals surface area contributed by atoms with Gasteiger partial charge < -0.3 is 5.11 Å². The van der Waals surface area contributed by atoms with E-state index in [1.165, 1.54) is 5.01 Å². The van der Waals surface area contributed by atoms with Gasteiger partial charge in [-0.15, -0.1) is 0 Å². The molecule has 1 aliphatic heterocycles. The summed E-state index contributed by atoms with van der Waals surface area (Å²) in [5.74, 6) is -0.370. The number of aryl methyl sites for hydroxylation is 1. The van der Waals surface area contributed by atoms with Gasteiger partial charge in [-0.25, -0.2) is 0 Å². The lowest BCUT2D eigenvalue weighted by molar-refractivity contribution is -0.0831. The molecule has 0 radical (unpaired) electrons. The third kappa shape index (κ3) is 2.28. The second-order valence-electron chi connectivity index (χ2n) is 5.28. The first-order valence-corrected chi connectivity index (χ1v) is 6.56. The molecule has 1 amide bonds. The second-order valence-corrected chi connectivity index (χ2v) is 5.28. The van der Waals surface area contributed by atoms with Gasteiger partial charge in [-0.3, -0.25) is 4.79 Å². The second kappa shape index (κ2) is 4.78. The molecule has 2 unspecified atom stereocenters. The zero-order valence-corrected chi connectivity index (χ0v) is 11.8. The first-order chi connectivity index (χ1) is 8.87. The van der Waals surface area contributed by atoms with Crippen LogP contribution in [0, 0.1) is 12.8 Å². The predicted molar refractivity (Wildman–Crippen MR) is 74.9 cm³/mol.